The Bertz CT molecular complexity index is 511. The molecule has 4 heteroatoms. The summed E-state index contributed by atoms with van der Waals surface area (Å²) in [5.74, 6) is 0.183. The Morgan fingerprint density at radius 2 is 2.35 bits per heavy atom. The van der Waals surface area contributed by atoms with Crippen molar-refractivity contribution in [1.82, 2.24) is 0 Å². The molecule has 2 atom stereocenters. The molecule has 2 heterocycles. The van der Waals surface area contributed by atoms with E-state index in [-0.39, 0.29) is 5.91 Å². The van der Waals surface area contributed by atoms with E-state index in [0.717, 1.165) is 30.7 Å². The minimum absolute atomic E-state index is 0.183. The molecule has 0 spiro atoms. The van der Waals surface area contributed by atoms with Crippen molar-refractivity contribution in [3.8, 4) is 0 Å². The molecule has 2 aliphatic heterocycles. The third kappa shape index (κ3) is 2.77. The van der Waals surface area contributed by atoms with Crippen molar-refractivity contribution in [3.63, 3.8) is 0 Å². The van der Waals surface area contributed by atoms with Crippen LogP contribution in [0, 0.1) is 0 Å². The fourth-order valence-electron chi connectivity index (χ4n) is 3.06. The van der Waals surface area contributed by atoms with E-state index in [1.54, 1.807) is 4.90 Å². The van der Waals surface area contributed by atoms with E-state index in [4.69, 9.17) is 4.74 Å². The number of halogens is 1. The molecule has 0 radical (unpaired) electrons. The smallest absolute Gasteiger partial charge is 0.231 e. The number of alkyl halides is 1. The maximum atomic E-state index is 11.7. The van der Waals surface area contributed by atoms with Crippen LogP contribution in [0.2, 0.25) is 0 Å². The summed E-state index contributed by atoms with van der Waals surface area (Å²) in [5.41, 5.74) is 3.47. The fourth-order valence-corrected chi connectivity index (χ4v) is 3.60. The zero-order valence-corrected chi connectivity index (χ0v) is 13.4. The number of hydrogen-bond acceptors (Lipinski definition) is 2. The number of fused-ring (bicyclic) bond motifs is 1. The average molecular weight is 338 g/mol. The van der Waals surface area contributed by atoms with E-state index in [1.165, 1.54) is 18.4 Å². The molecule has 20 heavy (non-hydrogen) atoms. The van der Waals surface area contributed by atoms with Gasteiger partial charge in [-0.2, -0.15) is 0 Å². The Balaban J connectivity index is 1.65. The van der Waals surface area contributed by atoms with E-state index in [0.29, 0.717) is 17.4 Å². The van der Waals surface area contributed by atoms with Gasteiger partial charge in [0, 0.05) is 24.2 Å². The zero-order valence-electron chi connectivity index (χ0n) is 11.8. The van der Waals surface area contributed by atoms with Crippen LogP contribution in [0.1, 0.15) is 41.6 Å². The number of hydrogen-bond donors (Lipinski definition) is 0. The van der Waals surface area contributed by atoms with Crippen molar-refractivity contribution in [2.75, 3.05) is 18.6 Å². The second-order valence-corrected chi connectivity index (χ2v) is 6.80. The lowest BCUT2D eigenvalue weighted by Crippen LogP contribution is -2.20. The first kappa shape index (κ1) is 14.1. The van der Waals surface area contributed by atoms with Crippen LogP contribution in [0.15, 0.2) is 18.2 Å². The number of rotatable bonds is 4. The van der Waals surface area contributed by atoms with Gasteiger partial charge in [-0.15, -0.1) is 0 Å². The Kier molecular flexibility index (Phi) is 4.13. The van der Waals surface area contributed by atoms with E-state index < -0.39 is 0 Å². The summed E-state index contributed by atoms with van der Waals surface area (Å²) in [6.45, 7) is 0.922. The van der Waals surface area contributed by atoms with Crippen molar-refractivity contribution in [2.24, 2.45) is 0 Å². The molecule has 2 aliphatic rings. The SMILES string of the molecule is CN1C(=O)Cc2cc(C(Br)CCC3CCCO3)ccc21. The summed E-state index contributed by atoms with van der Waals surface area (Å²) < 4.78 is 5.67. The second-order valence-electron chi connectivity index (χ2n) is 5.70. The van der Waals surface area contributed by atoms with Gasteiger partial charge in [0.1, 0.15) is 0 Å². The van der Waals surface area contributed by atoms with Crippen LogP contribution < -0.4 is 4.90 Å². The summed E-state index contributed by atoms with van der Waals surface area (Å²) in [5, 5.41) is 0. The first-order valence-electron chi connectivity index (χ1n) is 7.30. The molecule has 1 aromatic rings. The number of nitrogens with zero attached hydrogens (tertiary/aromatic N) is 1. The first-order valence-corrected chi connectivity index (χ1v) is 8.22. The van der Waals surface area contributed by atoms with E-state index >= 15 is 0 Å². The van der Waals surface area contributed by atoms with E-state index in [2.05, 4.69) is 34.1 Å². The molecule has 1 fully saturated rings. The lowest BCUT2D eigenvalue weighted by molar-refractivity contribution is -0.117. The monoisotopic (exact) mass is 337 g/mol. The highest BCUT2D eigenvalue weighted by Gasteiger charge is 2.25. The number of anilines is 1. The molecule has 2 unspecified atom stereocenters. The van der Waals surface area contributed by atoms with Gasteiger partial charge in [0.05, 0.1) is 12.5 Å². The van der Waals surface area contributed by atoms with Gasteiger partial charge in [-0.1, -0.05) is 28.1 Å². The molecular weight excluding hydrogens is 318 g/mol. The number of amides is 1. The first-order chi connectivity index (χ1) is 9.65. The molecule has 0 aromatic heterocycles. The largest absolute Gasteiger partial charge is 0.378 e. The van der Waals surface area contributed by atoms with Crippen LogP contribution in [0.25, 0.3) is 0 Å². The fraction of sp³-hybridized carbons (Fsp3) is 0.562. The Morgan fingerprint density at radius 3 is 3.10 bits per heavy atom. The highest BCUT2D eigenvalue weighted by molar-refractivity contribution is 9.09. The van der Waals surface area contributed by atoms with Gasteiger partial charge in [-0.25, -0.2) is 0 Å². The Labute approximate surface area is 128 Å². The third-order valence-electron chi connectivity index (χ3n) is 4.31. The Morgan fingerprint density at radius 1 is 1.50 bits per heavy atom. The van der Waals surface area contributed by atoms with Crippen molar-refractivity contribution < 1.29 is 9.53 Å². The molecule has 1 amide bonds. The predicted molar refractivity (Wildman–Crippen MR) is 83.4 cm³/mol. The molecule has 1 saturated heterocycles. The summed E-state index contributed by atoms with van der Waals surface area (Å²) in [6.07, 6.45) is 5.55. The van der Waals surface area contributed by atoms with Crippen LogP contribution in [-0.2, 0) is 16.0 Å². The lowest BCUT2D eigenvalue weighted by Gasteiger charge is -2.15. The molecule has 0 N–H and O–H groups in total. The molecule has 0 bridgehead atoms. The van der Waals surface area contributed by atoms with Gasteiger partial charge in [-0.3, -0.25) is 4.79 Å². The van der Waals surface area contributed by atoms with Gasteiger partial charge in [0.25, 0.3) is 0 Å². The molecule has 3 rings (SSSR count). The number of benzene rings is 1. The van der Waals surface area contributed by atoms with Crippen molar-refractivity contribution in [1.29, 1.82) is 0 Å². The Hall–Kier alpha value is -0.870. The minimum atomic E-state index is 0.183. The summed E-state index contributed by atoms with van der Waals surface area (Å²) in [6, 6.07) is 6.37. The molecule has 3 nitrogen and oxygen atoms in total. The topological polar surface area (TPSA) is 29.5 Å². The van der Waals surface area contributed by atoms with Crippen molar-refractivity contribution in [3.05, 3.63) is 29.3 Å². The minimum Gasteiger partial charge on any atom is -0.378 e. The molecule has 1 aromatic carbocycles. The highest BCUT2D eigenvalue weighted by Crippen LogP contribution is 2.35. The van der Waals surface area contributed by atoms with Gasteiger partial charge in [-0.05, 0) is 42.9 Å². The number of likely N-dealkylation sites (N-methyl/N-ethyl adjacent to an activating group) is 1. The van der Waals surface area contributed by atoms with Crippen LogP contribution >= 0.6 is 15.9 Å². The van der Waals surface area contributed by atoms with E-state index in [1.807, 2.05) is 7.05 Å². The van der Waals surface area contributed by atoms with Gasteiger partial charge in [0.15, 0.2) is 0 Å². The summed E-state index contributed by atoms with van der Waals surface area (Å²) in [4.78, 5) is 13.8. The number of carbonyl (C=O) groups is 1. The zero-order chi connectivity index (χ0) is 14.1. The van der Waals surface area contributed by atoms with Gasteiger partial charge in [0.2, 0.25) is 5.91 Å². The summed E-state index contributed by atoms with van der Waals surface area (Å²) in [7, 11) is 1.84. The predicted octanol–water partition coefficient (Wildman–Crippen LogP) is 3.60. The molecule has 0 aliphatic carbocycles. The highest BCUT2D eigenvalue weighted by atomic mass is 79.9. The van der Waals surface area contributed by atoms with Crippen LogP contribution in [-0.4, -0.2) is 25.7 Å². The van der Waals surface area contributed by atoms with Crippen molar-refractivity contribution in [2.45, 2.75) is 43.0 Å². The summed E-state index contributed by atoms with van der Waals surface area (Å²) >= 11 is 3.78. The molecule has 108 valence electrons. The maximum absolute atomic E-state index is 11.7. The van der Waals surface area contributed by atoms with Crippen LogP contribution in [0.3, 0.4) is 0 Å². The number of ether oxygens (including phenoxy) is 1. The normalized spacial score (nSPS) is 23.2. The lowest BCUT2D eigenvalue weighted by atomic mass is 10.0. The second kappa shape index (κ2) is 5.86. The maximum Gasteiger partial charge on any atom is 0.231 e. The van der Waals surface area contributed by atoms with Crippen LogP contribution in [0.4, 0.5) is 5.69 Å². The standard InChI is InChI=1S/C16H20BrNO2/c1-18-15-7-4-11(9-12(15)10-16(18)19)14(17)6-5-13-3-2-8-20-13/h4,7,9,13-14H,2-3,5-6,8,10H2,1H3. The van der Waals surface area contributed by atoms with Gasteiger partial charge >= 0.3 is 0 Å². The van der Waals surface area contributed by atoms with Gasteiger partial charge < -0.3 is 9.64 Å². The molecular formula is C16H20BrNO2. The van der Waals surface area contributed by atoms with Crippen LogP contribution in [0.5, 0.6) is 0 Å². The third-order valence-corrected chi connectivity index (χ3v) is 5.29. The number of carbonyl (C=O) groups excluding carboxylic acids is 1. The van der Waals surface area contributed by atoms with E-state index in [9.17, 15) is 4.79 Å². The average Bonchev–Trinajstić information content (AvgIpc) is 3.05. The van der Waals surface area contributed by atoms with Crippen molar-refractivity contribution >= 4 is 27.5 Å². The molecule has 0 saturated carbocycles. The quantitative estimate of drug-likeness (QED) is 0.785.